The second-order valence-electron chi connectivity index (χ2n) is 4.52. The van der Waals surface area contributed by atoms with E-state index in [9.17, 15) is 4.55 Å². The zero-order chi connectivity index (χ0) is 14.1. The summed E-state index contributed by atoms with van der Waals surface area (Å²) >= 11 is 2.39. The Morgan fingerprint density at radius 1 is 1.15 bits per heavy atom. The minimum Gasteiger partial charge on any atom is -0.610 e. The average molecular weight is 349 g/mol. The van der Waals surface area contributed by atoms with Gasteiger partial charge in [-0.15, -0.1) is 0 Å². The third kappa shape index (κ3) is 2.57. The number of nitrogens with two attached hydrogens (primary N) is 1. The van der Waals surface area contributed by atoms with E-state index < -0.39 is 11.2 Å². The van der Waals surface area contributed by atoms with Gasteiger partial charge in [-0.2, -0.15) is 0 Å². The highest BCUT2D eigenvalue weighted by Crippen LogP contribution is 2.38. The highest BCUT2D eigenvalue weighted by Gasteiger charge is 2.34. The normalized spacial score (nSPS) is 21.4. The van der Waals surface area contributed by atoms with Crippen molar-refractivity contribution in [3.8, 4) is 0 Å². The number of rotatable bonds is 2. The summed E-state index contributed by atoms with van der Waals surface area (Å²) in [6.07, 6.45) is 1.86. The van der Waals surface area contributed by atoms with Crippen molar-refractivity contribution in [1.82, 2.24) is 0 Å². The van der Waals surface area contributed by atoms with Crippen LogP contribution in [0.2, 0.25) is 0 Å². The van der Waals surface area contributed by atoms with Gasteiger partial charge in [0.1, 0.15) is 5.41 Å². The minimum atomic E-state index is -1.07. The first-order chi connectivity index (χ1) is 9.65. The van der Waals surface area contributed by atoms with E-state index in [2.05, 4.69) is 15.9 Å². The fraction of sp³-hybridized carbons (Fsp3) is 0.0667. The van der Waals surface area contributed by atoms with Gasteiger partial charge in [-0.3, -0.25) is 4.90 Å². The molecule has 1 aliphatic heterocycles. The summed E-state index contributed by atoms with van der Waals surface area (Å²) < 4.78 is 13.3. The Hall–Kier alpha value is -1.43. The maximum absolute atomic E-state index is 12.3. The van der Waals surface area contributed by atoms with Crippen LogP contribution in [-0.2, 0) is 11.2 Å². The number of nitrogens with zero attached hydrogens (tertiary/aromatic N) is 1. The molecule has 2 unspecified atom stereocenters. The topological polar surface area (TPSA) is 52.3 Å². The van der Waals surface area contributed by atoms with Crippen molar-refractivity contribution >= 4 is 38.5 Å². The van der Waals surface area contributed by atoms with Crippen molar-refractivity contribution in [2.75, 3.05) is 10.6 Å². The predicted molar refractivity (Wildman–Crippen MR) is 87.5 cm³/mol. The summed E-state index contributed by atoms with van der Waals surface area (Å²) in [4.78, 5) is 1.99. The van der Waals surface area contributed by atoms with Crippen LogP contribution in [-0.4, -0.2) is 4.55 Å². The number of hydrogen-bond acceptors (Lipinski definition) is 3. The zero-order valence-corrected chi connectivity index (χ0v) is 13.0. The van der Waals surface area contributed by atoms with E-state index >= 15 is 0 Å². The fourth-order valence-corrected chi connectivity index (χ4v) is 3.90. The first kappa shape index (κ1) is 13.5. The number of hydrogen-bond donors (Lipinski definition) is 1. The third-order valence-corrected chi connectivity index (χ3v) is 4.95. The standard InChI is InChI=1S/C15H13BrN2OS/c16-12-4-1-3-11(9-12)15-18(7-8-20(15)19)14-6-2-5-13(17)10-14/h1-10,15H,17H2. The van der Waals surface area contributed by atoms with E-state index in [1.165, 1.54) is 0 Å². The highest BCUT2D eigenvalue weighted by molar-refractivity contribution is 9.10. The van der Waals surface area contributed by atoms with Crippen LogP contribution in [0.3, 0.4) is 0 Å². The highest BCUT2D eigenvalue weighted by atomic mass is 79.9. The van der Waals surface area contributed by atoms with Crippen LogP contribution < -0.4 is 10.6 Å². The molecule has 3 rings (SSSR count). The van der Waals surface area contributed by atoms with Crippen LogP contribution >= 0.6 is 15.9 Å². The summed E-state index contributed by atoms with van der Waals surface area (Å²) in [6.45, 7) is 0. The molecule has 0 bridgehead atoms. The second-order valence-corrected chi connectivity index (χ2v) is 6.81. The van der Waals surface area contributed by atoms with E-state index in [4.69, 9.17) is 5.73 Å². The predicted octanol–water partition coefficient (Wildman–Crippen LogP) is 3.77. The van der Waals surface area contributed by atoms with E-state index in [0.717, 1.165) is 15.7 Å². The monoisotopic (exact) mass is 348 g/mol. The molecule has 0 radical (unpaired) electrons. The van der Waals surface area contributed by atoms with Crippen LogP contribution in [0, 0.1) is 0 Å². The lowest BCUT2D eigenvalue weighted by atomic mass is 10.2. The van der Waals surface area contributed by atoms with Gasteiger partial charge in [0.05, 0.1) is 6.20 Å². The second kappa shape index (κ2) is 5.52. The Morgan fingerprint density at radius 3 is 2.70 bits per heavy atom. The zero-order valence-electron chi connectivity index (χ0n) is 10.6. The Balaban J connectivity index is 2.00. The minimum absolute atomic E-state index is 0.214. The molecule has 1 aliphatic rings. The van der Waals surface area contributed by atoms with Crippen LogP contribution in [0.25, 0.3) is 0 Å². The summed E-state index contributed by atoms with van der Waals surface area (Å²) in [5.74, 6) is 0. The van der Waals surface area contributed by atoms with Gasteiger partial charge in [-0.1, -0.05) is 34.1 Å². The van der Waals surface area contributed by atoms with Crippen LogP contribution in [0.15, 0.2) is 64.6 Å². The molecular formula is C15H13BrN2OS. The molecule has 3 nitrogen and oxygen atoms in total. The molecule has 2 N–H and O–H groups in total. The molecular weight excluding hydrogens is 336 g/mol. The Labute approximate surface area is 129 Å². The van der Waals surface area contributed by atoms with Gasteiger partial charge in [0.2, 0.25) is 5.37 Å². The van der Waals surface area contributed by atoms with Crippen LogP contribution in [0.4, 0.5) is 11.4 Å². The van der Waals surface area contributed by atoms with Gasteiger partial charge in [0.25, 0.3) is 0 Å². The lowest BCUT2D eigenvalue weighted by Crippen LogP contribution is -2.23. The molecule has 0 aliphatic carbocycles. The van der Waals surface area contributed by atoms with E-state index in [1.807, 2.05) is 59.6 Å². The van der Waals surface area contributed by atoms with Crippen molar-refractivity contribution in [1.29, 1.82) is 0 Å². The number of benzene rings is 2. The quantitative estimate of drug-likeness (QED) is 0.663. The SMILES string of the molecule is Nc1cccc(N2C=C[S+]([O-])C2c2cccc(Br)c2)c1. The van der Waals surface area contributed by atoms with Gasteiger partial charge >= 0.3 is 0 Å². The first-order valence-corrected chi connectivity index (χ1v) is 8.19. The fourth-order valence-electron chi connectivity index (χ4n) is 2.25. The number of nitrogen functional groups attached to an aromatic ring is 1. The molecule has 1 heterocycles. The molecule has 2 aromatic rings. The van der Waals surface area contributed by atoms with Crippen LogP contribution in [0.1, 0.15) is 10.9 Å². The molecule has 0 saturated carbocycles. The van der Waals surface area contributed by atoms with Gasteiger partial charge < -0.3 is 10.3 Å². The smallest absolute Gasteiger partial charge is 0.223 e. The molecule has 0 fully saturated rings. The first-order valence-electron chi connectivity index (χ1n) is 6.12. The maximum Gasteiger partial charge on any atom is 0.223 e. The summed E-state index contributed by atoms with van der Waals surface area (Å²) in [5.41, 5.74) is 8.48. The Kier molecular flexibility index (Phi) is 3.74. The summed E-state index contributed by atoms with van der Waals surface area (Å²) in [5, 5.41) is 1.50. The van der Waals surface area contributed by atoms with Gasteiger partial charge in [0.15, 0.2) is 0 Å². The van der Waals surface area contributed by atoms with Crippen molar-refractivity contribution in [2.24, 2.45) is 0 Å². The van der Waals surface area contributed by atoms with Crippen molar-refractivity contribution in [3.63, 3.8) is 0 Å². The lowest BCUT2D eigenvalue weighted by Gasteiger charge is -2.25. The molecule has 102 valence electrons. The molecule has 2 aromatic carbocycles. The van der Waals surface area contributed by atoms with Gasteiger partial charge in [-0.05, 0) is 30.3 Å². The van der Waals surface area contributed by atoms with Crippen molar-refractivity contribution < 1.29 is 4.55 Å². The molecule has 0 saturated heterocycles. The number of halogens is 1. The van der Waals surface area contributed by atoms with E-state index in [0.29, 0.717) is 5.69 Å². The molecule has 0 aromatic heterocycles. The van der Waals surface area contributed by atoms with Crippen LogP contribution in [0.5, 0.6) is 0 Å². The Morgan fingerprint density at radius 2 is 1.95 bits per heavy atom. The largest absolute Gasteiger partial charge is 0.610 e. The molecule has 0 amide bonds. The van der Waals surface area contributed by atoms with Crippen molar-refractivity contribution in [2.45, 2.75) is 5.37 Å². The summed E-state index contributed by atoms with van der Waals surface area (Å²) in [7, 11) is 0. The number of anilines is 2. The van der Waals surface area contributed by atoms with Gasteiger partial charge in [-0.25, -0.2) is 0 Å². The Bertz CT molecular complexity index is 662. The maximum atomic E-state index is 12.3. The van der Waals surface area contributed by atoms with E-state index in [1.54, 1.807) is 5.41 Å². The van der Waals surface area contributed by atoms with Crippen molar-refractivity contribution in [3.05, 3.63) is 70.2 Å². The molecule has 0 spiro atoms. The molecule has 20 heavy (non-hydrogen) atoms. The molecule has 5 heteroatoms. The van der Waals surface area contributed by atoms with E-state index in [-0.39, 0.29) is 5.37 Å². The molecule has 2 atom stereocenters. The lowest BCUT2D eigenvalue weighted by molar-refractivity contribution is 0.593. The average Bonchev–Trinajstić information content (AvgIpc) is 2.80. The summed E-state index contributed by atoms with van der Waals surface area (Å²) in [6, 6.07) is 15.5. The van der Waals surface area contributed by atoms with Gasteiger partial charge in [0, 0.05) is 32.6 Å². The third-order valence-electron chi connectivity index (χ3n) is 3.13.